The molecule has 0 N–H and O–H groups in total. The maximum absolute atomic E-state index is 12.3. The molecule has 1 aromatic carbocycles. The summed E-state index contributed by atoms with van der Waals surface area (Å²) in [4.78, 5) is 14.1. The van der Waals surface area contributed by atoms with E-state index in [0.29, 0.717) is 30.3 Å². The Labute approximate surface area is 119 Å². The smallest absolute Gasteiger partial charge is 0.255 e. The molecule has 17 heavy (non-hydrogen) atoms. The zero-order valence-corrected chi connectivity index (χ0v) is 12.4. The Balaban J connectivity index is 2.18. The highest BCUT2D eigenvalue weighted by Crippen LogP contribution is 2.20. The van der Waals surface area contributed by atoms with Crippen LogP contribution in [0.15, 0.2) is 18.2 Å². The predicted molar refractivity (Wildman–Crippen MR) is 75.5 cm³/mol. The van der Waals surface area contributed by atoms with Gasteiger partial charge >= 0.3 is 0 Å². The van der Waals surface area contributed by atoms with Crippen LogP contribution in [-0.2, 0) is 4.74 Å². The number of rotatable bonds is 1. The van der Waals surface area contributed by atoms with Crippen molar-refractivity contribution in [3.63, 3.8) is 0 Å². The maximum atomic E-state index is 12.3. The van der Waals surface area contributed by atoms with Gasteiger partial charge in [0.15, 0.2) is 0 Å². The first-order valence-corrected chi connectivity index (χ1v) is 6.89. The second-order valence-electron chi connectivity index (χ2n) is 4.06. The summed E-state index contributed by atoms with van der Waals surface area (Å²) < 4.78 is 6.31. The minimum Gasteiger partial charge on any atom is -0.375 e. The number of ether oxygens (including phenoxy) is 1. The molecule has 1 aromatic rings. The molecular weight excluding hydrogens is 352 g/mol. The van der Waals surface area contributed by atoms with Crippen LogP contribution in [0.1, 0.15) is 17.3 Å². The molecule has 3 nitrogen and oxygen atoms in total. The lowest BCUT2D eigenvalue weighted by Gasteiger charge is -2.31. The van der Waals surface area contributed by atoms with E-state index >= 15 is 0 Å². The molecule has 1 atom stereocenters. The average molecular weight is 366 g/mol. The van der Waals surface area contributed by atoms with Crippen LogP contribution in [0.4, 0.5) is 0 Å². The fraction of sp³-hybridized carbons (Fsp3) is 0.417. The van der Waals surface area contributed by atoms with Crippen molar-refractivity contribution in [2.24, 2.45) is 0 Å². The first-order valence-electron chi connectivity index (χ1n) is 5.44. The Bertz CT molecular complexity index is 439. The topological polar surface area (TPSA) is 29.5 Å². The van der Waals surface area contributed by atoms with Crippen molar-refractivity contribution in [2.75, 3.05) is 19.7 Å². The number of carbonyl (C=O) groups is 1. The summed E-state index contributed by atoms with van der Waals surface area (Å²) in [6.45, 7) is 3.89. The zero-order valence-electron chi connectivity index (χ0n) is 9.45. The van der Waals surface area contributed by atoms with Crippen molar-refractivity contribution in [1.29, 1.82) is 0 Å². The van der Waals surface area contributed by atoms with Crippen LogP contribution in [0.2, 0.25) is 5.02 Å². The first kappa shape index (κ1) is 13.1. The van der Waals surface area contributed by atoms with Gasteiger partial charge in [0, 0.05) is 21.7 Å². The Kier molecular flexibility index (Phi) is 4.27. The van der Waals surface area contributed by atoms with E-state index in [1.54, 1.807) is 18.2 Å². The molecule has 5 heteroatoms. The Morgan fingerprint density at radius 3 is 3.00 bits per heavy atom. The number of benzene rings is 1. The van der Waals surface area contributed by atoms with Crippen molar-refractivity contribution in [1.82, 2.24) is 4.90 Å². The normalized spacial score (nSPS) is 20.4. The van der Waals surface area contributed by atoms with Gasteiger partial charge in [-0.15, -0.1) is 0 Å². The quantitative estimate of drug-likeness (QED) is 0.716. The van der Waals surface area contributed by atoms with Crippen LogP contribution in [0.5, 0.6) is 0 Å². The molecule has 0 aliphatic carbocycles. The van der Waals surface area contributed by atoms with Gasteiger partial charge in [0.1, 0.15) is 0 Å². The Hall–Kier alpha value is -0.330. The summed E-state index contributed by atoms with van der Waals surface area (Å²) in [5, 5.41) is 0.654. The molecule has 1 aliphatic heterocycles. The molecule has 92 valence electrons. The third kappa shape index (κ3) is 3.11. The van der Waals surface area contributed by atoms with E-state index in [9.17, 15) is 4.79 Å². The molecule has 1 heterocycles. The summed E-state index contributed by atoms with van der Waals surface area (Å²) >= 11 is 8.02. The van der Waals surface area contributed by atoms with Crippen LogP contribution in [0, 0.1) is 3.57 Å². The van der Waals surface area contributed by atoms with Gasteiger partial charge in [0.05, 0.1) is 18.3 Å². The van der Waals surface area contributed by atoms with Gasteiger partial charge in [-0.1, -0.05) is 11.6 Å². The third-order valence-corrected chi connectivity index (χ3v) is 3.82. The predicted octanol–water partition coefficient (Wildman–Crippen LogP) is 2.81. The van der Waals surface area contributed by atoms with Gasteiger partial charge in [0.25, 0.3) is 5.91 Å². The molecule has 1 amide bonds. The molecule has 0 spiro atoms. The van der Waals surface area contributed by atoms with E-state index in [1.165, 1.54) is 0 Å². The summed E-state index contributed by atoms with van der Waals surface area (Å²) in [6, 6.07) is 5.34. The van der Waals surface area contributed by atoms with E-state index in [4.69, 9.17) is 16.3 Å². The molecule has 1 aliphatic rings. The fourth-order valence-corrected chi connectivity index (χ4v) is 2.94. The lowest BCUT2D eigenvalue weighted by molar-refractivity contribution is -0.0124. The van der Waals surface area contributed by atoms with Gasteiger partial charge in [-0.05, 0) is 47.7 Å². The van der Waals surface area contributed by atoms with E-state index in [2.05, 4.69) is 22.6 Å². The monoisotopic (exact) mass is 365 g/mol. The molecule has 2 rings (SSSR count). The molecule has 0 unspecified atom stereocenters. The largest absolute Gasteiger partial charge is 0.375 e. The van der Waals surface area contributed by atoms with E-state index in [0.717, 1.165) is 3.57 Å². The lowest BCUT2D eigenvalue weighted by Crippen LogP contribution is -2.44. The first-order chi connectivity index (χ1) is 8.08. The minimum atomic E-state index is 0.0567. The molecule has 1 saturated heterocycles. The Morgan fingerprint density at radius 2 is 2.35 bits per heavy atom. The molecule has 1 fully saturated rings. The van der Waals surface area contributed by atoms with Crippen molar-refractivity contribution in [3.05, 3.63) is 32.4 Å². The van der Waals surface area contributed by atoms with Gasteiger partial charge in [-0.25, -0.2) is 0 Å². The van der Waals surface area contributed by atoms with Crippen LogP contribution < -0.4 is 0 Å². The number of hydrogen-bond donors (Lipinski definition) is 0. The van der Waals surface area contributed by atoms with Crippen molar-refractivity contribution in [3.8, 4) is 0 Å². The van der Waals surface area contributed by atoms with Gasteiger partial charge in [-0.2, -0.15) is 0 Å². The van der Waals surface area contributed by atoms with Gasteiger partial charge < -0.3 is 9.64 Å². The highest BCUT2D eigenvalue weighted by Gasteiger charge is 2.23. The van der Waals surface area contributed by atoms with E-state index < -0.39 is 0 Å². The minimum absolute atomic E-state index is 0.0567. The van der Waals surface area contributed by atoms with Crippen molar-refractivity contribution >= 4 is 40.1 Å². The second-order valence-corrected chi connectivity index (χ2v) is 5.66. The lowest BCUT2D eigenvalue weighted by atomic mass is 10.2. The SMILES string of the molecule is C[C@H]1CN(C(=O)c2ccc(Cl)cc2I)CCO1. The Morgan fingerprint density at radius 1 is 1.59 bits per heavy atom. The van der Waals surface area contributed by atoms with Crippen LogP contribution >= 0.6 is 34.2 Å². The third-order valence-electron chi connectivity index (χ3n) is 2.69. The number of morpholine rings is 1. The summed E-state index contributed by atoms with van der Waals surface area (Å²) in [6.07, 6.45) is 0.109. The average Bonchev–Trinajstić information content (AvgIpc) is 2.28. The number of nitrogens with zero attached hydrogens (tertiary/aromatic N) is 1. The van der Waals surface area contributed by atoms with Crippen LogP contribution in [0.3, 0.4) is 0 Å². The number of hydrogen-bond acceptors (Lipinski definition) is 2. The summed E-state index contributed by atoms with van der Waals surface area (Å²) in [5.74, 6) is 0.0567. The second kappa shape index (κ2) is 5.54. The van der Waals surface area contributed by atoms with Crippen LogP contribution in [0.25, 0.3) is 0 Å². The van der Waals surface area contributed by atoms with E-state index in [-0.39, 0.29) is 12.0 Å². The van der Waals surface area contributed by atoms with Gasteiger partial charge in [0.2, 0.25) is 0 Å². The fourth-order valence-electron chi connectivity index (χ4n) is 1.84. The van der Waals surface area contributed by atoms with Gasteiger partial charge in [-0.3, -0.25) is 4.79 Å². The maximum Gasteiger partial charge on any atom is 0.255 e. The van der Waals surface area contributed by atoms with E-state index in [1.807, 2.05) is 11.8 Å². The molecule has 0 bridgehead atoms. The molecular formula is C12H13ClINO2. The van der Waals surface area contributed by atoms with Crippen molar-refractivity contribution < 1.29 is 9.53 Å². The highest BCUT2D eigenvalue weighted by molar-refractivity contribution is 14.1. The number of carbonyl (C=O) groups excluding carboxylic acids is 1. The molecule has 0 aromatic heterocycles. The molecule has 0 radical (unpaired) electrons. The van der Waals surface area contributed by atoms with Crippen molar-refractivity contribution in [2.45, 2.75) is 13.0 Å². The zero-order chi connectivity index (χ0) is 12.4. The number of amides is 1. The standard InChI is InChI=1S/C12H13ClINO2/c1-8-7-15(4-5-17-8)12(16)10-3-2-9(13)6-11(10)14/h2-3,6,8H,4-5,7H2,1H3/t8-/m0/s1. The molecule has 0 saturated carbocycles. The highest BCUT2D eigenvalue weighted by atomic mass is 127. The summed E-state index contributed by atoms with van der Waals surface area (Å²) in [5.41, 5.74) is 0.712. The summed E-state index contributed by atoms with van der Waals surface area (Å²) in [7, 11) is 0. The van der Waals surface area contributed by atoms with Crippen LogP contribution in [-0.4, -0.2) is 36.6 Å². The number of halogens is 2.